The molecule has 19 heavy (non-hydrogen) atoms. The largest absolute Gasteiger partial charge is 0.314 e. The van der Waals surface area contributed by atoms with Crippen LogP contribution in [0.25, 0.3) is 10.8 Å². The van der Waals surface area contributed by atoms with Gasteiger partial charge in [-0.05, 0) is 43.1 Å². The zero-order valence-corrected chi connectivity index (χ0v) is 11.3. The third kappa shape index (κ3) is 2.69. The normalized spacial score (nSPS) is 18.9. The van der Waals surface area contributed by atoms with Crippen molar-refractivity contribution in [1.82, 2.24) is 5.32 Å². The van der Waals surface area contributed by atoms with Crippen LogP contribution in [-0.2, 0) is 0 Å². The smallest absolute Gasteiger partial charge is 0.164 e. The summed E-state index contributed by atoms with van der Waals surface area (Å²) in [5.74, 6) is 0.252. The molecule has 2 heteroatoms. The molecular weight excluding hydrogens is 234 g/mol. The Morgan fingerprint density at radius 3 is 2.79 bits per heavy atom. The lowest BCUT2D eigenvalue weighted by Gasteiger charge is -2.09. The van der Waals surface area contributed by atoms with Gasteiger partial charge in [-0.1, -0.05) is 35.9 Å². The van der Waals surface area contributed by atoms with Crippen LogP contribution in [0.5, 0.6) is 0 Å². The third-order valence-corrected chi connectivity index (χ3v) is 3.91. The fraction of sp³-hybridized carbons (Fsp3) is 0.353. The van der Waals surface area contributed by atoms with Crippen LogP contribution in [0.3, 0.4) is 0 Å². The van der Waals surface area contributed by atoms with Gasteiger partial charge in [-0.25, -0.2) is 0 Å². The second kappa shape index (κ2) is 5.14. The minimum absolute atomic E-state index is 0.252. The molecular formula is C17H19NO. The highest BCUT2D eigenvalue weighted by Gasteiger charge is 2.18. The van der Waals surface area contributed by atoms with Gasteiger partial charge < -0.3 is 5.32 Å². The van der Waals surface area contributed by atoms with Crippen molar-refractivity contribution in [3.8, 4) is 0 Å². The molecule has 0 aromatic heterocycles. The molecule has 2 aromatic carbocycles. The van der Waals surface area contributed by atoms with Crippen molar-refractivity contribution in [2.24, 2.45) is 0 Å². The van der Waals surface area contributed by atoms with E-state index in [1.165, 1.54) is 17.4 Å². The maximum Gasteiger partial charge on any atom is 0.164 e. The minimum Gasteiger partial charge on any atom is -0.314 e. The van der Waals surface area contributed by atoms with Gasteiger partial charge in [0, 0.05) is 18.0 Å². The van der Waals surface area contributed by atoms with E-state index in [0.29, 0.717) is 12.5 Å². The molecule has 0 saturated carbocycles. The Labute approximate surface area is 113 Å². The summed E-state index contributed by atoms with van der Waals surface area (Å²) in [4.78, 5) is 12.3. The Kier molecular flexibility index (Phi) is 3.34. The number of hydrogen-bond acceptors (Lipinski definition) is 2. The SMILES string of the molecule is Cc1ccc2cc(C(=O)CC3CCCN3)ccc2c1. The molecule has 1 N–H and O–H groups in total. The summed E-state index contributed by atoms with van der Waals surface area (Å²) < 4.78 is 0. The minimum atomic E-state index is 0.252. The molecule has 1 fully saturated rings. The topological polar surface area (TPSA) is 29.1 Å². The third-order valence-electron chi connectivity index (χ3n) is 3.91. The number of rotatable bonds is 3. The Morgan fingerprint density at radius 1 is 1.21 bits per heavy atom. The quantitative estimate of drug-likeness (QED) is 0.849. The predicted octanol–water partition coefficient (Wildman–Crippen LogP) is 3.47. The van der Waals surface area contributed by atoms with Crippen LogP contribution in [0.2, 0.25) is 0 Å². The molecule has 98 valence electrons. The van der Waals surface area contributed by atoms with Crippen LogP contribution in [-0.4, -0.2) is 18.4 Å². The van der Waals surface area contributed by atoms with E-state index in [2.05, 4.69) is 36.5 Å². The fourth-order valence-corrected chi connectivity index (χ4v) is 2.81. The molecule has 1 saturated heterocycles. The van der Waals surface area contributed by atoms with E-state index in [1.807, 2.05) is 12.1 Å². The van der Waals surface area contributed by atoms with Crippen LogP contribution in [0.15, 0.2) is 36.4 Å². The van der Waals surface area contributed by atoms with Crippen LogP contribution in [0.4, 0.5) is 0 Å². The van der Waals surface area contributed by atoms with E-state index in [4.69, 9.17) is 0 Å². The van der Waals surface area contributed by atoms with E-state index in [9.17, 15) is 4.79 Å². The van der Waals surface area contributed by atoms with Gasteiger partial charge in [0.05, 0.1) is 0 Å². The maximum atomic E-state index is 12.3. The predicted molar refractivity (Wildman–Crippen MR) is 78.7 cm³/mol. The van der Waals surface area contributed by atoms with Crippen molar-refractivity contribution in [3.63, 3.8) is 0 Å². The van der Waals surface area contributed by atoms with Gasteiger partial charge >= 0.3 is 0 Å². The van der Waals surface area contributed by atoms with E-state index in [-0.39, 0.29) is 5.78 Å². The van der Waals surface area contributed by atoms with E-state index >= 15 is 0 Å². The summed E-state index contributed by atoms with van der Waals surface area (Å²) in [5.41, 5.74) is 2.09. The van der Waals surface area contributed by atoms with Crippen molar-refractivity contribution < 1.29 is 4.79 Å². The molecule has 1 aliphatic heterocycles. The lowest BCUT2D eigenvalue weighted by molar-refractivity contribution is 0.0972. The summed E-state index contributed by atoms with van der Waals surface area (Å²) in [7, 11) is 0. The number of Topliss-reactive ketones (excluding diaryl/α,β-unsaturated/α-hetero) is 1. The van der Waals surface area contributed by atoms with Crippen LogP contribution < -0.4 is 5.32 Å². The highest BCUT2D eigenvalue weighted by Crippen LogP contribution is 2.20. The van der Waals surface area contributed by atoms with Crippen molar-refractivity contribution in [2.45, 2.75) is 32.2 Å². The first-order chi connectivity index (χ1) is 9.22. The zero-order chi connectivity index (χ0) is 13.2. The van der Waals surface area contributed by atoms with Gasteiger partial charge in [-0.2, -0.15) is 0 Å². The van der Waals surface area contributed by atoms with Crippen LogP contribution in [0, 0.1) is 6.92 Å². The summed E-state index contributed by atoms with van der Waals surface area (Å²) in [5, 5.41) is 5.73. The molecule has 1 heterocycles. The molecule has 1 atom stereocenters. The first-order valence-corrected chi connectivity index (χ1v) is 6.99. The average Bonchev–Trinajstić information content (AvgIpc) is 2.91. The Balaban J connectivity index is 1.83. The van der Waals surface area contributed by atoms with E-state index < -0.39 is 0 Å². The molecule has 3 rings (SSSR count). The molecule has 1 aliphatic rings. The van der Waals surface area contributed by atoms with Crippen molar-refractivity contribution in [3.05, 3.63) is 47.5 Å². The maximum absolute atomic E-state index is 12.3. The molecule has 0 bridgehead atoms. The molecule has 2 aromatic rings. The summed E-state index contributed by atoms with van der Waals surface area (Å²) in [6.07, 6.45) is 2.94. The number of carbonyl (C=O) groups excluding carboxylic acids is 1. The Bertz CT molecular complexity index is 612. The van der Waals surface area contributed by atoms with Gasteiger partial charge in [-0.15, -0.1) is 0 Å². The van der Waals surface area contributed by atoms with Crippen molar-refractivity contribution >= 4 is 16.6 Å². The highest BCUT2D eigenvalue weighted by atomic mass is 16.1. The lowest BCUT2D eigenvalue weighted by Crippen LogP contribution is -2.24. The zero-order valence-electron chi connectivity index (χ0n) is 11.3. The van der Waals surface area contributed by atoms with Gasteiger partial charge in [-0.3, -0.25) is 4.79 Å². The Morgan fingerprint density at radius 2 is 2.00 bits per heavy atom. The van der Waals surface area contributed by atoms with Gasteiger partial charge in [0.25, 0.3) is 0 Å². The molecule has 1 unspecified atom stereocenters. The molecule has 0 amide bonds. The number of hydrogen-bond donors (Lipinski definition) is 1. The average molecular weight is 253 g/mol. The summed E-state index contributed by atoms with van der Waals surface area (Å²) in [6.45, 7) is 3.14. The number of fused-ring (bicyclic) bond motifs is 1. The first kappa shape index (κ1) is 12.4. The van der Waals surface area contributed by atoms with Gasteiger partial charge in [0.15, 0.2) is 5.78 Å². The van der Waals surface area contributed by atoms with Crippen molar-refractivity contribution in [2.75, 3.05) is 6.54 Å². The second-order valence-electron chi connectivity index (χ2n) is 5.49. The fourth-order valence-electron chi connectivity index (χ4n) is 2.81. The number of ketones is 1. The molecule has 0 aliphatic carbocycles. The standard InChI is InChI=1S/C17H19NO/c1-12-4-5-14-10-15(7-6-13(14)9-12)17(19)11-16-3-2-8-18-16/h4-7,9-10,16,18H,2-3,8,11H2,1H3. The highest BCUT2D eigenvalue weighted by molar-refractivity contribution is 6.00. The molecule has 2 nitrogen and oxygen atoms in total. The molecule has 0 spiro atoms. The van der Waals surface area contributed by atoms with Crippen LogP contribution in [0.1, 0.15) is 35.2 Å². The Hall–Kier alpha value is -1.67. The molecule has 0 radical (unpaired) electrons. The number of carbonyl (C=O) groups is 1. The van der Waals surface area contributed by atoms with Crippen molar-refractivity contribution in [1.29, 1.82) is 0 Å². The number of benzene rings is 2. The lowest BCUT2D eigenvalue weighted by atomic mass is 9.99. The monoisotopic (exact) mass is 253 g/mol. The first-order valence-electron chi connectivity index (χ1n) is 6.99. The second-order valence-corrected chi connectivity index (χ2v) is 5.49. The van der Waals surface area contributed by atoms with E-state index in [0.717, 1.165) is 23.9 Å². The van der Waals surface area contributed by atoms with Crippen LogP contribution >= 0.6 is 0 Å². The number of aryl methyl sites for hydroxylation is 1. The van der Waals surface area contributed by atoms with E-state index in [1.54, 1.807) is 0 Å². The number of nitrogens with one attached hydrogen (secondary N) is 1. The summed E-state index contributed by atoms with van der Waals surface area (Å²) >= 11 is 0. The van der Waals surface area contributed by atoms with Gasteiger partial charge in [0.2, 0.25) is 0 Å². The summed E-state index contributed by atoms with van der Waals surface area (Å²) in [6, 6.07) is 12.7. The van der Waals surface area contributed by atoms with Gasteiger partial charge in [0.1, 0.15) is 0 Å².